The van der Waals surface area contributed by atoms with Crippen molar-refractivity contribution in [1.29, 1.82) is 0 Å². The minimum absolute atomic E-state index is 0.216. The third-order valence-electron chi connectivity index (χ3n) is 1.88. The molecular weight excluding hydrogens is 112 g/mol. The van der Waals surface area contributed by atoms with Crippen LogP contribution in [0.4, 0.5) is 0 Å². The molecule has 1 aliphatic rings. The smallest absolute Gasteiger partial charge is 0.0265 e. The Morgan fingerprint density at radius 2 is 2.22 bits per heavy atom. The van der Waals surface area contributed by atoms with Gasteiger partial charge in [-0.15, -0.1) is 0 Å². The van der Waals surface area contributed by atoms with E-state index in [1.165, 1.54) is 5.57 Å². The van der Waals surface area contributed by atoms with Gasteiger partial charge in [-0.1, -0.05) is 11.6 Å². The highest BCUT2D eigenvalue weighted by molar-refractivity contribution is 5.12. The molecule has 2 unspecified atom stereocenters. The molecule has 9 heavy (non-hydrogen) atoms. The third kappa shape index (κ3) is 1.53. The lowest BCUT2D eigenvalue weighted by Crippen LogP contribution is -2.35. The quantitative estimate of drug-likeness (QED) is 0.461. The van der Waals surface area contributed by atoms with E-state index < -0.39 is 0 Å². The van der Waals surface area contributed by atoms with Gasteiger partial charge in [-0.05, 0) is 19.8 Å². The normalized spacial score (nSPS) is 36.1. The monoisotopic (exact) mass is 126 g/mol. The van der Waals surface area contributed by atoms with Gasteiger partial charge in [0.1, 0.15) is 0 Å². The van der Waals surface area contributed by atoms with E-state index in [0.717, 1.165) is 12.8 Å². The first-order valence-corrected chi connectivity index (χ1v) is 3.38. The standard InChI is InChI=1S/C7H14N2/c1-5-2-3-6(8)4-7(5)9/h2,6-7H,3-4,8-9H2,1H3. The summed E-state index contributed by atoms with van der Waals surface area (Å²) in [4.78, 5) is 0. The van der Waals surface area contributed by atoms with Gasteiger partial charge >= 0.3 is 0 Å². The molecule has 0 saturated carbocycles. The minimum Gasteiger partial charge on any atom is -0.327 e. The highest BCUT2D eigenvalue weighted by Gasteiger charge is 2.14. The summed E-state index contributed by atoms with van der Waals surface area (Å²) in [5.41, 5.74) is 12.7. The Morgan fingerprint density at radius 1 is 1.56 bits per heavy atom. The van der Waals surface area contributed by atoms with Gasteiger partial charge in [0.15, 0.2) is 0 Å². The molecule has 0 aromatic heterocycles. The Kier molecular flexibility index (Phi) is 1.88. The third-order valence-corrected chi connectivity index (χ3v) is 1.88. The van der Waals surface area contributed by atoms with Crippen LogP contribution in [0, 0.1) is 0 Å². The Balaban J connectivity index is 2.56. The minimum atomic E-state index is 0.216. The van der Waals surface area contributed by atoms with Gasteiger partial charge in [0, 0.05) is 12.1 Å². The number of nitrogens with two attached hydrogens (primary N) is 2. The van der Waals surface area contributed by atoms with Crippen LogP contribution >= 0.6 is 0 Å². The molecule has 0 aromatic carbocycles. The first-order chi connectivity index (χ1) is 4.20. The van der Waals surface area contributed by atoms with E-state index in [1.807, 2.05) is 0 Å². The maximum Gasteiger partial charge on any atom is 0.0265 e. The van der Waals surface area contributed by atoms with Crippen LogP contribution in [0.3, 0.4) is 0 Å². The summed E-state index contributed by atoms with van der Waals surface area (Å²) < 4.78 is 0. The molecule has 0 fully saturated rings. The van der Waals surface area contributed by atoms with Crippen molar-refractivity contribution in [3.05, 3.63) is 11.6 Å². The van der Waals surface area contributed by atoms with Crippen LogP contribution in [0.1, 0.15) is 19.8 Å². The number of hydrogen-bond donors (Lipinski definition) is 2. The SMILES string of the molecule is CC1=CCC(N)CC1N. The topological polar surface area (TPSA) is 52.0 Å². The Labute approximate surface area is 55.9 Å². The lowest BCUT2D eigenvalue weighted by molar-refractivity contribution is 0.535. The zero-order chi connectivity index (χ0) is 6.85. The van der Waals surface area contributed by atoms with Crippen molar-refractivity contribution in [2.24, 2.45) is 11.5 Å². The lowest BCUT2D eigenvalue weighted by Gasteiger charge is -2.22. The van der Waals surface area contributed by atoms with E-state index >= 15 is 0 Å². The summed E-state index contributed by atoms with van der Waals surface area (Å²) in [6.45, 7) is 2.07. The van der Waals surface area contributed by atoms with Gasteiger partial charge in [0.05, 0.1) is 0 Å². The zero-order valence-corrected chi connectivity index (χ0v) is 5.80. The molecule has 2 heteroatoms. The predicted octanol–water partition coefficient (Wildman–Crippen LogP) is 0.381. The molecular formula is C7H14N2. The summed E-state index contributed by atoms with van der Waals surface area (Å²) in [7, 11) is 0. The Hall–Kier alpha value is -0.340. The highest BCUT2D eigenvalue weighted by atomic mass is 14.7. The van der Waals surface area contributed by atoms with Crippen LogP contribution in [0.25, 0.3) is 0 Å². The molecule has 2 atom stereocenters. The summed E-state index contributed by atoms with van der Waals surface area (Å²) in [6.07, 6.45) is 4.08. The lowest BCUT2D eigenvalue weighted by atomic mass is 9.93. The molecule has 2 nitrogen and oxygen atoms in total. The largest absolute Gasteiger partial charge is 0.327 e. The van der Waals surface area contributed by atoms with Gasteiger partial charge in [-0.3, -0.25) is 0 Å². The van der Waals surface area contributed by atoms with Crippen LogP contribution in [0.2, 0.25) is 0 Å². The average Bonchev–Trinajstić information content (AvgIpc) is 1.80. The maximum absolute atomic E-state index is 5.72. The maximum atomic E-state index is 5.72. The van der Waals surface area contributed by atoms with Crippen molar-refractivity contribution in [2.45, 2.75) is 31.8 Å². The van der Waals surface area contributed by atoms with Gasteiger partial charge in [0.25, 0.3) is 0 Å². The zero-order valence-electron chi connectivity index (χ0n) is 5.80. The van der Waals surface area contributed by atoms with Gasteiger partial charge in [0.2, 0.25) is 0 Å². The van der Waals surface area contributed by atoms with Gasteiger partial charge in [-0.2, -0.15) is 0 Å². The molecule has 1 aliphatic carbocycles. The second kappa shape index (κ2) is 2.50. The Bertz CT molecular complexity index is 129. The molecule has 52 valence electrons. The van der Waals surface area contributed by atoms with E-state index in [2.05, 4.69) is 13.0 Å². The molecule has 0 heterocycles. The second-order valence-electron chi connectivity index (χ2n) is 2.79. The van der Waals surface area contributed by atoms with E-state index in [4.69, 9.17) is 11.5 Å². The molecule has 0 aromatic rings. The fourth-order valence-electron chi connectivity index (χ4n) is 1.10. The van der Waals surface area contributed by atoms with Crippen molar-refractivity contribution in [3.8, 4) is 0 Å². The summed E-state index contributed by atoms with van der Waals surface area (Å²) in [5.74, 6) is 0. The fraction of sp³-hybridized carbons (Fsp3) is 0.714. The molecule has 0 amide bonds. The van der Waals surface area contributed by atoms with E-state index in [-0.39, 0.29) is 6.04 Å². The second-order valence-corrected chi connectivity index (χ2v) is 2.79. The van der Waals surface area contributed by atoms with E-state index in [9.17, 15) is 0 Å². The summed E-state index contributed by atoms with van der Waals surface area (Å²) in [5, 5.41) is 0. The molecule has 0 radical (unpaired) electrons. The first-order valence-electron chi connectivity index (χ1n) is 3.38. The highest BCUT2D eigenvalue weighted by Crippen LogP contribution is 2.14. The van der Waals surface area contributed by atoms with Crippen LogP contribution < -0.4 is 11.5 Å². The van der Waals surface area contributed by atoms with Crippen molar-refractivity contribution < 1.29 is 0 Å². The van der Waals surface area contributed by atoms with Crippen LogP contribution in [-0.4, -0.2) is 12.1 Å². The van der Waals surface area contributed by atoms with Crippen LogP contribution in [-0.2, 0) is 0 Å². The van der Waals surface area contributed by atoms with Crippen molar-refractivity contribution in [3.63, 3.8) is 0 Å². The van der Waals surface area contributed by atoms with E-state index in [0.29, 0.717) is 6.04 Å². The summed E-state index contributed by atoms with van der Waals surface area (Å²) in [6, 6.07) is 0.512. The molecule has 0 saturated heterocycles. The van der Waals surface area contributed by atoms with Gasteiger partial charge in [-0.25, -0.2) is 0 Å². The van der Waals surface area contributed by atoms with E-state index in [1.54, 1.807) is 0 Å². The van der Waals surface area contributed by atoms with Crippen LogP contribution in [0.5, 0.6) is 0 Å². The predicted molar refractivity (Wildman–Crippen MR) is 38.9 cm³/mol. The molecule has 0 bridgehead atoms. The fourth-order valence-corrected chi connectivity index (χ4v) is 1.10. The first kappa shape index (κ1) is 6.78. The number of hydrogen-bond acceptors (Lipinski definition) is 2. The van der Waals surface area contributed by atoms with Crippen molar-refractivity contribution in [2.75, 3.05) is 0 Å². The molecule has 0 spiro atoms. The van der Waals surface area contributed by atoms with Crippen molar-refractivity contribution >= 4 is 0 Å². The average molecular weight is 126 g/mol. The molecule has 0 aliphatic heterocycles. The molecule has 4 N–H and O–H groups in total. The van der Waals surface area contributed by atoms with Gasteiger partial charge < -0.3 is 11.5 Å². The summed E-state index contributed by atoms with van der Waals surface area (Å²) >= 11 is 0. The van der Waals surface area contributed by atoms with Crippen molar-refractivity contribution in [1.82, 2.24) is 0 Å². The molecule has 1 rings (SSSR count). The Morgan fingerprint density at radius 3 is 2.67 bits per heavy atom. The number of rotatable bonds is 0. The van der Waals surface area contributed by atoms with Crippen LogP contribution in [0.15, 0.2) is 11.6 Å².